The van der Waals surface area contributed by atoms with Crippen molar-refractivity contribution in [1.29, 1.82) is 0 Å². The van der Waals surface area contributed by atoms with Crippen LogP contribution in [0, 0.1) is 5.92 Å². The Hall–Kier alpha value is -1.88. The molecule has 0 atom stereocenters. The van der Waals surface area contributed by atoms with Crippen molar-refractivity contribution in [3.05, 3.63) is 35.4 Å². The monoisotopic (exact) mass is 291 g/mol. The number of benzene rings is 1. The number of hydrogen-bond donors (Lipinski definition) is 3. The summed E-state index contributed by atoms with van der Waals surface area (Å²) in [6, 6.07) is 6.51. The Labute approximate surface area is 124 Å². The van der Waals surface area contributed by atoms with Gasteiger partial charge in [0.15, 0.2) is 0 Å². The van der Waals surface area contributed by atoms with Crippen molar-refractivity contribution in [1.82, 2.24) is 5.32 Å². The molecule has 1 aliphatic carbocycles. The Morgan fingerprint density at radius 1 is 1.24 bits per heavy atom. The van der Waals surface area contributed by atoms with Gasteiger partial charge in [0, 0.05) is 5.56 Å². The lowest BCUT2D eigenvalue weighted by Gasteiger charge is -2.36. The van der Waals surface area contributed by atoms with Gasteiger partial charge in [0.2, 0.25) is 0 Å². The Bertz CT molecular complexity index is 516. The Morgan fingerprint density at radius 3 is 2.29 bits per heavy atom. The van der Waals surface area contributed by atoms with Crippen LogP contribution in [-0.2, 0) is 11.4 Å². The number of nitrogens with one attached hydrogen (secondary N) is 1. The largest absolute Gasteiger partial charge is 0.480 e. The molecule has 0 heterocycles. The van der Waals surface area contributed by atoms with Gasteiger partial charge in [-0.15, -0.1) is 0 Å². The van der Waals surface area contributed by atoms with Crippen molar-refractivity contribution in [3.8, 4) is 0 Å². The van der Waals surface area contributed by atoms with Gasteiger partial charge in [0.05, 0.1) is 6.61 Å². The zero-order valence-corrected chi connectivity index (χ0v) is 12.1. The van der Waals surface area contributed by atoms with Crippen LogP contribution in [0.1, 0.15) is 48.5 Å². The zero-order valence-electron chi connectivity index (χ0n) is 12.1. The van der Waals surface area contributed by atoms with Gasteiger partial charge in [-0.05, 0) is 49.3 Å². The predicted molar refractivity (Wildman–Crippen MR) is 77.8 cm³/mol. The van der Waals surface area contributed by atoms with Gasteiger partial charge in [0.1, 0.15) is 5.54 Å². The lowest BCUT2D eigenvalue weighted by atomic mass is 9.77. The molecule has 3 N–H and O–H groups in total. The van der Waals surface area contributed by atoms with Crippen LogP contribution in [0.4, 0.5) is 0 Å². The molecule has 1 saturated carbocycles. The van der Waals surface area contributed by atoms with Crippen LogP contribution in [0.2, 0.25) is 0 Å². The first-order valence-electron chi connectivity index (χ1n) is 7.22. The highest BCUT2D eigenvalue weighted by molar-refractivity contribution is 5.97. The molecular weight excluding hydrogens is 270 g/mol. The van der Waals surface area contributed by atoms with Crippen LogP contribution in [0.25, 0.3) is 0 Å². The topological polar surface area (TPSA) is 86.6 Å². The van der Waals surface area contributed by atoms with Gasteiger partial charge in [-0.2, -0.15) is 0 Å². The third kappa shape index (κ3) is 3.42. The normalized spacial score (nSPS) is 25.3. The van der Waals surface area contributed by atoms with Gasteiger partial charge < -0.3 is 15.5 Å². The summed E-state index contributed by atoms with van der Waals surface area (Å²) in [5.41, 5.74) is -0.0309. The number of carbonyl (C=O) groups is 2. The van der Waals surface area contributed by atoms with E-state index in [1.807, 2.05) is 0 Å². The highest BCUT2D eigenvalue weighted by atomic mass is 16.4. The number of hydrogen-bond acceptors (Lipinski definition) is 3. The van der Waals surface area contributed by atoms with Crippen molar-refractivity contribution in [2.75, 3.05) is 0 Å². The summed E-state index contributed by atoms with van der Waals surface area (Å²) in [6.07, 6.45) is 2.53. The fourth-order valence-corrected chi connectivity index (χ4v) is 2.70. The summed E-state index contributed by atoms with van der Waals surface area (Å²) in [5.74, 6) is -0.843. The molecule has 1 aromatic rings. The maximum Gasteiger partial charge on any atom is 0.329 e. The van der Waals surface area contributed by atoms with Gasteiger partial charge in [-0.25, -0.2) is 4.79 Å². The molecule has 5 heteroatoms. The predicted octanol–water partition coefficient (Wildman–Crippen LogP) is 1.94. The molecule has 1 aliphatic rings. The van der Waals surface area contributed by atoms with Gasteiger partial charge in [-0.3, -0.25) is 4.79 Å². The number of carboxylic acid groups (broad SMARTS) is 1. The second kappa shape index (κ2) is 6.26. The third-order valence-electron chi connectivity index (χ3n) is 4.29. The van der Waals surface area contributed by atoms with Crippen molar-refractivity contribution >= 4 is 11.9 Å². The molecule has 2 rings (SSSR count). The van der Waals surface area contributed by atoms with Crippen LogP contribution in [0.3, 0.4) is 0 Å². The van der Waals surface area contributed by atoms with Gasteiger partial charge >= 0.3 is 5.97 Å². The molecule has 21 heavy (non-hydrogen) atoms. The molecule has 1 aromatic carbocycles. The molecule has 0 radical (unpaired) electrons. The first-order valence-corrected chi connectivity index (χ1v) is 7.22. The van der Waals surface area contributed by atoms with Crippen LogP contribution in [-0.4, -0.2) is 27.6 Å². The van der Waals surface area contributed by atoms with E-state index in [1.165, 1.54) is 0 Å². The minimum Gasteiger partial charge on any atom is -0.480 e. The minimum atomic E-state index is -1.15. The molecule has 5 nitrogen and oxygen atoms in total. The quantitative estimate of drug-likeness (QED) is 0.791. The maximum absolute atomic E-state index is 12.3. The van der Waals surface area contributed by atoms with Crippen LogP contribution in [0.5, 0.6) is 0 Å². The molecular formula is C16H21NO4. The average molecular weight is 291 g/mol. The van der Waals surface area contributed by atoms with E-state index in [2.05, 4.69) is 12.2 Å². The van der Waals surface area contributed by atoms with E-state index in [-0.39, 0.29) is 12.5 Å². The molecule has 0 spiro atoms. The van der Waals surface area contributed by atoms with E-state index in [9.17, 15) is 14.7 Å². The fraction of sp³-hybridized carbons (Fsp3) is 0.500. The number of rotatable bonds is 4. The third-order valence-corrected chi connectivity index (χ3v) is 4.29. The molecule has 114 valence electrons. The highest BCUT2D eigenvalue weighted by Crippen LogP contribution is 2.32. The molecule has 0 bridgehead atoms. The summed E-state index contributed by atoms with van der Waals surface area (Å²) in [4.78, 5) is 23.9. The number of carboxylic acids is 1. The second-order valence-corrected chi connectivity index (χ2v) is 5.88. The van der Waals surface area contributed by atoms with Gasteiger partial charge in [0.25, 0.3) is 5.91 Å². The van der Waals surface area contributed by atoms with Crippen molar-refractivity contribution in [3.63, 3.8) is 0 Å². The van der Waals surface area contributed by atoms with Crippen molar-refractivity contribution in [2.24, 2.45) is 5.92 Å². The lowest BCUT2D eigenvalue weighted by Crippen LogP contribution is -2.56. The SMILES string of the molecule is CC1CCC(NC(=O)c2ccc(CO)cc2)(C(=O)O)CC1. The molecule has 0 aliphatic heterocycles. The van der Waals surface area contributed by atoms with Gasteiger partial charge in [-0.1, -0.05) is 19.1 Å². The van der Waals surface area contributed by atoms with E-state index in [0.717, 1.165) is 12.8 Å². The molecule has 0 saturated heterocycles. The first-order chi connectivity index (χ1) is 9.97. The number of aliphatic hydroxyl groups is 1. The van der Waals surface area contributed by atoms with E-state index in [4.69, 9.17) is 5.11 Å². The number of amides is 1. The van der Waals surface area contributed by atoms with Crippen LogP contribution >= 0.6 is 0 Å². The van der Waals surface area contributed by atoms with Crippen LogP contribution < -0.4 is 5.32 Å². The Morgan fingerprint density at radius 2 is 1.81 bits per heavy atom. The lowest BCUT2D eigenvalue weighted by molar-refractivity contribution is -0.146. The summed E-state index contributed by atoms with van der Waals surface area (Å²) >= 11 is 0. The zero-order chi connectivity index (χ0) is 15.5. The second-order valence-electron chi connectivity index (χ2n) is 5.88. The molecule has 0 aromatic heterocycles. The van der Waals surface area contributed by atoms with E-state index in [1.54, 1.807) is 24.3 Å². The number of aliphatic carboxylic acids is 1. The standard InChI is InChI=1S/C16H21NO4/c1-11-6-8-16(9-7-11,15(20)21)17-14(19)13-4-2-12(10-18)3-5-13/h2-5,11,18H,6-10H2,1H3,(H,17,19)(H,20,21). The van der Waals surface area contributed by atoms with Crippen LogP contribution in [0.15, 0.2) is 24.3 Å². The highest BCUT2D eigenvalue weighted by Gasteiger charge is 2.42. The smallest absolute Gasteiger partial charge is 0.329 e. The Kier molecular flexibility index (Phi) is 4.63. The van der Waals surface area contributed by atoms with Crippen molar-refractivity contribution < 1.29 is 19.8 Å². The van der Waals surface area contributed by atoms with E-state index in [0.29, 0.717) is 29.9 Å². The first kappa shape index (κ1) is 15.5. The molecule has 0 unspecified atom stereocenters. The average Bonchev–Trinajstić information content (AvgIpc) is 2.49. The minimum absolute atomic E-state index is 0.0845. The van der Waals surface area contributed by atoms with E-state index >= 15 is 0 Å². The Balaban J connectivity index is 2.12. The molecule has 1 amide bonds. The fourth-order valence-electron chi connectivity index (χ4n) is 2.70. The van der Waals surface area contributed by atoms with E-state index < -0.39 is 11.5 Å². The number of carbonyl (C=O) groups excluding carboxylic acids is 1. The van der Waals surface area contributed by atoms with Crippen molar-refractivity contribution in [2.45, 2.75) is 44.8 Å². The maximum atomic E-state index is 12.3. The molecule has 1 fully saturated rings. The summed E-state index contributed by atoms with van der Waals surface area (Å²) in [5, 5.41) is 21.2. The summed E-state index contributed by atoms with van der Waals surface area (Å²) in [7, 11) is 0. The number of aliphatic hydroxyl groups excluding tert-OH is 1. The summed E-state index contributed by atoms with van der Waals surface area (Å²) < 4.78 is 0. The summed E-state index contributed by atoms with van der Waals surface area (Å²) in [6.45, 7) is 2.01.